The zero-order valence-electron chi connectivity index (χ0n) is 21.6. The molecule has 40 heavy (non-hydrogen) atoms. The fourth-order valence-corrected chi connectivity index (χ4v) is 4.90. The summed E-state index contributed by atoms with van der Waals surface area (Å²) in [5.41, 5.74) is 2.19. The van der Waals surface area contributed by atoms with Gasteiger partial charge in [0.15, 0.2) is 11.5 Å². The highest BCUT2D eigenvalue weighted by atomic mass is 35.5. The molecule has 9 nitrogen and oxygen atoms in total. The first-order valence-corrected chi connectivity index (χ1v) is 13.3. The molecule has 0 atom stereocenters. The Morgan fingerprint density at radius 1 is 1.12 bits per heavy atom. The molecule has 1 aliphatic rings. The zero-order valence-corrected chi connectivity index (χ0v) is 23.2. The number of benzene rings is 3. The van der Waals surface area contributed by atoms with Crippen LogP contribution in [-0.2, 0) is 16.2 Å². The van der Waals surface area contributed by atoms with Crippen LogP contribution in [-0.4, -0.2) is 42.2 Å². The van der Waals surface area contributed by atoms with E-state index >= 15 is 0 Å². The third kappa shape index (κ3) is 6.75. The third-order valence-corrected chi connectivity index (χ3v) is 6.88. The summed E-state index contributed by atoms with van der Waals surface area (Å²) in [7, 11) is 1.53. The number of amides is 3. The molecule has 0 spiro atoms. The minimum Gasteiger partial charge on any atom is -0.497 e. The van der Waals surface area contributed by atoms with Crippen molar-refractivity contribution in [3.05, 3.63) is 87.3 Å². The van der Waals surface area contributed by atoms with Crippen LogP contribution in [0.15, 0.2) is 65.6 Å². The van der Waals surface area contributed by atoms with E-state index in [2.05, 4.69) is 11.4 Å². The number of carbonyl (C=O) groups excluding carboxylic acids is 3. The fraction of sp³-hybridized carbons (Fsp3) is 0.172. The Kier molecular flexibility index (Phi) is 9.32. The van der Waals surface area contributed by atoms with E-state index in [1.165, 1.54) is 13.2 Å². The highest BCUT2D eigenvalue weighted by molar-refractivity contribution is 8.18. The molecule has 1 aliphatic heterocycles. The van der Waals surface area contributed by atoms with Gasteiger partial charge in [0.2, 0.25) is 5.91 Å². The van der Waals surface area contributed by atoms with Gasteiger partial charge in [-0.1, -0.05) is 29.8 Å². The summed E-state index contributed by atoms with van der Waals surface area (Å²) >= 11 is 7.25. The van der Waals surface area contributed by atoms with Crippen LogP contribution in [0.25, 0.3) is 6.08 Å². The number of methoxy groups -OCH3 is 1. The van der Waals surface area contributed by atoms with Gasteiger partial charge in [-0.2, -0.15) is 5.26 Å². The maximum atomic E-state index is 13.0. The Morgan fingerprint density at radius 3 is 2.58 bits per heavy atom. The van der Waals surface area contributed by atoms with Crippen LogP contribution >= 0.6 is 23.4 Å². The first-order valence-electron chi connectivity index (χ1n) is 12.1. The van der Waals surface area contributed by atoms with Crippen molar-refractivity contribution >= 4 is 52.2 Å². The average molecular weight is 578 g/mol. The van der Waals surface area contributed by atoms with Crippen LogP contribution in [0.2, 0.25) is 5.02 Å². The van der Waals surface area contributed by atoms with Crippen molar-refractivity contribution in [3.8, 4) is 23.3 Å². The molecule has 204 valence electrons. The molecular weight excluding hydrogens is 554 g/mol. The average Bonchev–Trinajstić information content (AvgIpc) is 3.20. The lowest BCUT2D eigenvalue weighted by Gasteiger charge is -2.15. The van der Waals surface area contributed by atoms with Crippen molar-refractivity contribution in [1.82, 2.24) is 4.90 Å². The van der Waals surface area contributed by atoms with E-state index < -0.39 is 23.6 Å². The van der Waals surface area contributed by atoms with E-state index in [4.69, 9.17) is 25.8 Å². The van der Waals surface area contributed by atoms with Crippen molar-refractivity contribution in [2.75, 3.05) is 25.6 Å². The van der Waals surface area contributed by atoms with E-state index in [1.54, 1.807) is 61.5 Å². The van der Waals surface area contributed by atoms with Gasteiger partial charge in [-0.15, -0.1) is 0 Å². The van der Waals surface area contributed by atoms with E-state index in [0.717, 1.165) is 16.7 Å². The first-order chi connectivity index (χ1) is 19.3. The maximum absolute atomic E-state index is 13.0. The second-order valence-corrected chi connectivity index (χ2v) is 9.77. The first kappa shape index (κ1) is 28.5. The third-order valence-electron chi connectivity index (χ3n) is 5.69. The highest BCUT2D eigenvalue weighted by Gasteiger charge is 2.36. The molecule has 1 saturated heterocycles. The van der Waals surface area contributed by atoms with Gasteiger partial charge in [-0.05, 0) is 72.8 Å². The smallest absolute Gasteiger partial charge is 0.294 e. The van der Waals surface area contributed by atoms with Gasteiger partial charge < -0.3 is 19.5 Å². The van der Waals surface area contributed by atoms with E-state index in [0.29, 0.717) is 40.5 Å². The van der Waals surface area contributed by atoms with Crippen LogP contribution in [0.5, 0.6) is 17.2 Å². The lowest BCUT2D eigenvalue weighted by molar-refractivity contribution is -0.127. The summed E-state index contributed by atoms with van der Waals surface area (Å²) in [5, 5.41) is 11.6. The van der Waals surface area contributed by atoms with Crippen LogP contribution in [0.3, 0.4) is 0 Å². The molecule has 11 heteroatoms. The van der Waals surface area contributed by atoms with Gasteiger partial charge >= 0.3 is 0 Å². The van der Waals surface area contributed by atoms with Crippen molar-refractivity contribution in [2.24, 2.45) is 0 Å². The van der Waals surface area contributed by atoms with Crippen LogP contribution in [0.1, 0.15) is 23.6 Å². The van der Waals surface area contributed by atoms with Crippen molar-refractivity contribution < 1.29 is 28.6 Å². The Morgan fingerprint density at radius 2 is 1.88 bits per heavy atom. The van der Waals surface area contributed by atoms with Gasteiger partial charge in [0, 0.05) is 11.3 Å². The number of nitrogens with one attached hydrogen (secondary N) is 1. The number of nitriles is 1. The van der Waals surface area contributed by atoms with Gasteiger partial charge in [0.25, 0.3) is 11.1 Å². The molecule has 0 saturated carbocycles. The summed E-state index contributed by atoms with van der Waals surface area (Å²) in [6, 6.07) is 19.1. The summed E-state index contributed by atoms with van der Waals surface area (Å²) in [4.78, 5) is 39.0. The molecule has 0 unspecified atom stereocenters. The summed E-state index contributed by atoms with van der Waals surface area (Å²) in [5.74, 6) is 0.147. The quantitative estimate of drug-likeness (QED) is 0.297. The van der Waals surface area contributed by atoms with Crippen molar-refractivity contribution in [2.45, 2.75) is 13.5 Å². The highest BCUT2D eigenvalue weighted by Crippen LogP contribution is 2.39. The van der Waals surface area contributed by atoms with Gasteiger partial charge in [-0.3, -0.25) is 19.3 Å². The number of hydrogen-bond donors (Lipinski definition) is 1. The number of imide groups is 1. The molecule has 4 rings (SSSR count). The summed E-state index contributed by atoms with van der Waals surface area (Å²) in [6.45, 7) is 1.79. The molecule has 3 amide bonds. The maximum Gasteiger partial charge on any atom is 0.294 e. The monoisotopic (exact) mass is 577 g/mol. The van der Waals surface area contributed by atoms with Crippen LogP contribution < -0.4 is 19.5 Å². The number of anilines is 1. The molecule has 3 aromatic carbocycles. The number of hydrogen-bond acceptors (Lipinski definition) is 8. The fourth-order valence-electron chi connectivity index (χ4n) is 3.79. The minimum atomic E-state index is -0.595. The van der Waals surface area contributed by atoms with Crippen molar-refractivity contribution in [1.29, 1.82) is 5.26 Å². The van der Waals surface area contributed by atoms with Crippen LogP contribution in [0.4, 0.5) is 10.5 Å². The molecular formula is C29H24ClN3O6S. The number of rotatable bonds is 10. The largest absolute Gasteiger partial charge is 0.497 e. The Bertz CT molecular complexity index is 1520. The standard InChI is InChI=1S/C29H24ClN3O6S/c1-3-38-24-13-18(12-23(30)27(24)39-17-20-7-5-4-6-19(20)15-31)14-25-28(35)33(29(36)40-25)16-26(34)32-21-8-10-22(37-2)11-9-21/h4-14H,3,16-17H2,1-2H3,(H,32,34)/b25-14+. The number of nitrogens with zero attached hydrogens (tertiary/aromatic N) is 2. The van der Waals surface area contributed by atoms with Gasteiger partial charge in [0.05, 0.1) is 35.3 Å². The Labute approximate surface area is 240 Å². The van der Waals surface area contributed by atoms with E-state index in [9.17, 15) is 19.6 Å². The topological polar surface area (TPSA) is 118 Å². The Balaban J connectivity index is 1.48. The predicted octanol–water partition coefficient (Wildman–Crippen LogP) is 5.87. The molecule has 0 radical (unpaired) electrons. The second-order valence-electron chi connectivity index (χ2n) is 8.37. The lowest BCUT2D eigenvalue weighted by atomic mass is 10.1. The molecule has 0 aliphatic carbocycles. The van der Waals surface area contributed by atoms with Gasteiger partial charge in [0.1, 0.15) is 18.9 Å². The minimum absolute atomic E-state index is 0.0976. The molecule has 1 heterocycles. The Hall–Kier alpha value is -4.46. The second kappa shape index (κ2) is 13.1. The zero-order chi connectivity index (χ0) is 28.6. The van der Waals surface area contributed by atoms with E-state index in [-0.39, 0.29) is 22.3 Å². The number of ether oxygens (including phenoxy) is 3. The molecule has 1 fully saturated rings. The molecule has 1 N–H and O–H groups in total. The lowest BCUT2D eigenvalue weighted by Crippen LogP contribution is -2.36. The van der Waals surface area contributed by atoms with Gasteiger partial charge in [-0.25, -0.2) is 0 Å². The summed E-state index contributed by atoms with van der Waals surface area (Å²) < 4.78 is 16.7. The molecule has 0 bridgehead atoms. The predicted molar refractivity (Wildman–Crippen MR) is 152 cm³/mol. The SMILES string of the molecule is CCOc1cc(/C=C2/SC(=O)N(CC(=O)Nc3ccc(OC)cc3)C2=O)cc(Cl)c1OCc1ccccc1C#N. The number of halogens is 1. The van der Waals surface area contributed by atoms with E-state index in [1.807, 2.05) is 6.07 Å². The number of thioether (sulfide) groups is 1. The summed E-state index contributed by atoms with van der Waals surface area (Å²) in [6.07, 6.45) is 1.51. The van der Waals surface area contributed by atoms with Crippen LogP contribution in [0, 0.1) is 11.3 Å². The molecule has 0 aromatic heterocycles. The molecule has 3 aromatic rings. The van der Waals surface area contributed by atoms with Crippen molar-refractivity contribution in [3.63, 3.8) is 0 Å². The normalized spacial score (nSPS) is 13.8. The number of carbonyl (C=O) groups is 3.